The average Bonchev–Trinajstić information content (AvgIpc) is 2.69. The van der Waals surface area contributed by atoms with E-state index in [1.54, 1.807) is 24.3 Å². The monoisotopic (exact) mass is 407 g/mol. The third-order valence-corrected chi connectivity index (χ3v) is 4.35. The van der Waals surface area contributed by atoms with Crippen molar-refractivity contribution in [1.82, 2.24) is 4.90 Å². The highest BCUT2D eigenvalue weighted by atomic mass is 19.4. The molecule has 1 aliphatic heterocycles. The lowest BCUT2D eigenvalue weighted by atomic mass is 10.1. The van der Waals surface area contributed by atoms with Crippen molar-refractivity contribution in [1.29, 1.82) is 0 Å². The maximum atomic E-state index is 12.8. The van der Waals surface area contributed by atoms with Crippen LogP contribution in [0.3, 0.4) is 0 Å². The maximum absolute atomic E-state index is 12.8. The number of carbonyl (C=O) groups excluding carboxylic acids is 2. The van der Waals surface area contributed by atoms with Crippen molar-refractivity contribution in [2.24, 2.45) is 0 Å². The Morgan fingerprint density at radius 2 is 1.59 bits per heavy atom. The summed E-state index contributed by atoms with van der Waals surface area (Å²) in [4.78, 5) is 26.3. The Morgan fingerprint density at radius 1 is 0.966 bits per heavy atom. The standard InChI is InChI=1S/C20H20F3N3O3/c21-20(22,23)15-3-1-2-14(12-15)19(28)25-17-6-4-16(5-7-17)24-18(27)13-26-8-10-29-11-9-26/h1-7,12H,8-11,13H2,(H,24,27)(H,25,28). The van der Waals surface area contributed by atoms with Crippen LogP contribution >= 0.6 is 0 Å². The highest BCUT2D eigenvalue weighted by Crippen LogP contribution is 2.29. The van der Waals surface area contributed by atoms with E-state index in [2.05, 4.69) is 10.6 Å². The molecule has 1 heterocycles. The van der Waals surface area contributed by atoms with E-state index in [1.165, 1.54) is 12.1 Å². The van der Waals surface area contributed by atoms with Gasteiger partial charge >= 0.3 is 6.18 Å². The molecular formula is C20H20F3N3O3. The first-order valence-corrected chi connectivity index (χ1v) is 9.00. The van der Waals surface area contributed by atoms with E-state index >= 15 is 0 Å². The van der Waals surface area contributed by atoms with Crippen LogP contribution in [0.5, 0.6) is 0 Å². The number of alkyl halides is 3. The molecule has 9 heteroatoms. The molecule has 0 radical (unpaired) electrons. The predicted octanol–water partition coefficient (Wildman–Crippen LogP) is 3.23. The molecule has 2 aromatic carbocycles. The average molecular weight is 407 g/mol. The van der Waals surface area contributed by atoms with Gasteiger partial charge in [0, 0.05) is 30.0 Å². The van der Waals surface area contributed by atoms with Gasteiger partial charge in [-0.15, -0.1) is 0 Å². The van der Waals surface area contributed by atoms with Gasteiger partial charge in [0.25, 0.3) is 5.91 Å². The summed E-state index contributed by atoms with van der Waals surface area (Å²) >= 11 is 0. The number of ether oxygens (including phenoxy) is 1. The number of rotatable bonds is 5. The number of halogens is 3. The van der Waals surface area contributed by atoms with Crippen molar-refractivity contribution in [3.05, 3.63) is 59.7 Å². The van der Waals surface area contributed by atoms with Crippen LogP contribution in [0.4, 0.5) is 24.5 Å². The molecule has 1 saturated heterocycles. The molecule has 0 atom stereocenters. The zero-order chi connectivity index (χ0) is 20.9. The van der Waals surface area contributed by atoms with E-state index in [1.807, 2.05) is 4.90 Å². The largest absolute Gasteiger partial charge is 0.416 e. The molecule has 0 aliphatic carbocycles. The lowest BCUT2D eigenvalue weighted by molar-refractivity contribution is -0.137. The molecule has 3 rings (SSSR count). The van der Waals surface area contributed by atoms with E-state index in [0.717, 1.165) is 12.1 Å². The zero-order valence-corrected chi connectivity index (χ0v) is 15.5. The minimum absolute atomic E-state index is 0.0947. The van der Waals surface area contributed by atoms with Crippen LogP contribution in [0.1, 0.15) is 15.9 Å². The quantitative estimate of drug-likeness (QED) is 0.799. The fourth-order valence-electron chi connectivity index (χ4n) is 2.84. The summed E-state index contributed by atoms with van der Waals surface area (Å²) in [6.45, 7) is 2.88. The molecule has 1 fully saturated rings. The first-order valence-electron chi connectivity index (χ1n) is 9.00. The summed E-state index contributed by atoms with van der Waals surface area (Å²) in [5.74, 6) is -0.812. The van der Waals surface area contributed by atoms with E-state index in [-0.39, 0.29) is 18.0 Å². The Hall–Kier alpha value is -2.91. The van der Waals surface area contributed by atoms with E-state index in [4.69, 9.17) is 4.74 Å². The molecule has 2 N–H and O–H groups in total. The number of hydrogen-bond acceptors (Lipinski definition) is 4. The lowest BCUT2D eigenvalue weighted by Crippen LogP contribution is -2.41. The molecule has 2 amide bonds. The molecule has 0 spiro atoms. The SMILES string of the molecule is O=C(CN1CCOCC1)Nc1ccc(NC(=O)c2cccc(C(F)(F)F)c2)cc1. The first kappa shape index (κ1) is 20.8. The molecule has 0 unspecified atom stereocenters. The Bertz CT molecular complexity index is 863. The second kappa shape index (κ2) is 9.06. The second-order valence-corrected chi connectivity index (χ2v) is 6.55. The van der Waals surface area contributed by atoms with Gasteiger partial charge < -0.3 is 15.4 Å². The van der Waals surface area contributed by atoms with Crippen LogP contribution in [-0.2, 0) is 15.7 Å². The Balaban J connectivity index is 1.56. The third kappa shape index (κ3) is 6.03. The van der Waals surface area contributed by atoms with Gasteiger partial charge in [-0.3, -0.25) is 14.5 Å². The van der Waals surface area contributed by atoms with E-state index < -0.39 is 17.6 Å². The Labute approximate surface area is 165 Å². The van der Waals surface area contributed by atoms with Crippen LogP contribution in [0.15, 0.2) is 48.5 Å². The van der Waals surface area contributed by atoms with Crippen molar-refractivity contribution in [2.45, 2.75) is 6.18 Å². The zero-order valence-electron chi connectivity index (χ0n) is 15.5. The molecule has 0 bridgehead atoms. The van der Waals surface area contributed by atoms with Crippen molar-refractivity contribution in [3.63, 3.8) is 0 Å². The van der Waals surface area contributed by atoms with Crippen LogP contribution in [0.25, 0.3) is 0 Å². The number of carbonyl (C=O) groups is 2. The maximum Gasteiger partial charge on any atom is 0.416 e. The summed E-state index contributed by atoms with van der Waals surface area (Å²) in [6, 6.07) is 10.6. The third-order valence-electron chi connectivity index (χ3n) is 4.35. The summed E-state index contributed by atoms with van der Waals surface area (Å²) in [5, 5.41) is 5.31. The van der Waals surface area contributed by atoms with Gasteiger partial charge in [0.15, 0.2) is 0 Å². The summed E-state index contributed by atoms with van der Waals surface area (Å²) in [5.41, 5.74) is -0.0230. The molecule has 0 saturated carbocycles. The van der Waals surface area contributed by atoms with Crippen molar-refractivity contribution in [2.75, 3.05) is 43.5 Å². The molecular weight excluding hydrogens is 387 g/mol. The number of morpholine rings is 1. The minimum Gasteiger partial charge on any atom is -0.379 e. The smallest absolute Gasteiger partial charge is 0.379 e. The molecule has 0 aromatic heterocycles. The number of nitrogens with zero attached hydrogens (tertiary/aromatic N) is 1. The van der Waals surface area contributed by atoms with E-state index in [9.17, 15) is 22.8 Å². The highest BCUT2D eigenvalue weighted by molar-refractivity contribution is 6.04. The Kier molecular flexibility index (Phi) is 6.50. The number of nitrogens with one attached hydrogen (secondary N) is 2. The first-order chi connectivity index (χ1) is 13.8. The number of anilines is 2. The molecule has 2 aromatic rings. The van der Waals surface area contributed by atoms with Gasteiger partial charge in [-0.2, -0.15) is 13.2 Å². The highest BCUT2D eigenvalue weighted by Gasteiger charge is 2.30. The topological polar surface area (TPSA) is 70.7 Å². The molecule has 6 nitrogen and oxygen atoms in total. The van der Waals surface area contributed by atoms with Crippen molar-refractivity contribution < 1.29 is 27.5 Å². The van der Waals surface area contributed by atoms with Gasteiger partial charge in [-0.05, 0) is 42.5 Å². The minimum atomic E-state index is -4.52. The molecule has 154 valence electrons. The summed E-state index contributed by atoms with van der Waals surface area (Å²) < 4.78 is 43.6. The summed E-state index contributed by atoms with van der Waals surface area (Å²) in [6.07, 6.45) is -4.52. The summed E-state index contributed by atoms with van der Waals surface area (Å²) in [7, 11) is 0. The normalized spacial score (nSPS) is 15.0. The predicted molar refractivity (Wildman–Crippen MR) is 102 cm³/mol. The Morgan fingerprint density at radius 3 is 2.21 bits per heavy atom. The van der Waals surface area contributed by atoms with Crippen LogP contribution < -0.4 is 10.6 Å². The van der Waals surface area contributed by atoms with Gasteiger partial charge in [-0.1, -0.05) is 6.07 Å². The van der Waals surface area contributed by atoms with Gasteiger partial charge in [-0.25, -0.2) is 0 Å². The second-order valence-electron chi connectivity index (χ2n) is 6.55. The lowest BCUT2D eigenvalue weighted by Gasteiger charge is -2.25. The number of amides is 2. The van der Waals surface area contributed by atoms with Crippen molar-refractivity contribution in [3.8, 4) is 0 Å². The number of hydrogen-bond donors (Lipinski definition) is 2. The fraction of sp³-hybridized carbons (Fsp3) is 0.300. The molecule has 1 aliphatic rings. The van der Waals surface area contributed by atoms with Crippen LogP contribution in [0.2, 0.25) is 0 Å². The van der Waals surface area contributed by atoms with Crippen LogP contribution in [0, 0.1) is 0 Å². The fourth-order valence-corrected chi connectivity index (χ4v) is 2.84. The van der Waals surface area contributed by atoms with Gasteiger partial charge in [0.2, 0.25) is 5.91 Å². The van der Waals surface area contributed by atoms with Crippen LogP contribution in [-0.4, -0.2) is 49.6 Å². The molecule has 29 heavy (non-hydrogen) atoms. The number of benzene rings is 2. The van der Waals surface area contributed by atoms with E-state index in [0.29, 0.717) is 37.7 Å². The van der Waals surface area contributed by atoms with Gasteiger partial charge in [0.1, 0.15) is 0 Å². The van der Waals surface area contributed by atoms with Gasteiger partial charge in [0.05, 0.1) is 25.3 Å². The van der Waals surface area contributed by atoms with Crippen molar-refractivity contribution >= 4 is 23.2 Å².